The lowest BCUT2D eigenvalue weighted by atomic mass is 10.2. The number of aliphatic hydroxyl groups excluding tert-OH is 2. The second kappa shape index (κ2) is 10.00. The van der Waals surface area contributed by atoms with E-state index in [2.05, 4.69) is 22.9 Å². The number of halogens is 1. The van der Waals surface area contributed by atoms with Crippen LogP contribution in [0.25, 0.3) is 0 Å². The Bertz CT molecular complexity index is 425. The summed E-state index contributed by atoms with van der Waals surface area (Å²) in [5, 5.41) is 19.0. The van der Waals surface area contributed by atoms with Gasteiger partial charge in [0.05, 0.1) is 24.8 Å². The lowest BCUT2D eigenvalue weighted by molar-refractivity contribution is 0.0107. The first kappa shape index (κ1) is 18.2. The zero-order chi connectivity index (χ0) is 15.7. The summed E-state index contributed by atoms with van der Waals surface area (Å²) >= 11 is 3.37. The van der Waals surface area contributed by atoms with Crippen molar-refractivity contribution >= 4 is 15.9 Å². The normalized spacial score (nSPS) is 12.2. The molecule has 0 aliphatic heterocycles. The van der Waals surface area contributed by atoms with Gasteiger partial charge >= 0.3 is 0 Å². The number of aliphatic hydroxyl groups is 2. The Hall–Kier alpha value is -0.820. The van der Waals surface area contributed by atoms with Crippen LogP contribution >= 0.6 is 15.9 Å². The van der Waals surface area contributed by atoms with E-state index in [1.807, 2.05) is 0 Å². The van der Waals surface area contributed by atoms with Gasteiger partial charge < -0.3 is 24.4 Å². The number of methoxy groups -OCH3 is 1. The van der Waals surface area contributed by atoms with Crippen molar-refractivity contribution in [2.24, 2.45) is 0 Å². The van der Waals surface area contributed by atoms with Crippen LogP contribution in [0.4, 0.5) is 0 Å². The van der Waals surface area contributed by atoms with Crippen molar-refractivity contribution in [3.05, 3.63) is 22.2 Å². The summed E-state index contributed by atoms with van der Waals surface area (Å²) in [6.45, 7) is 3.01. The number of unbranched alkanes of at least 4 members (excludes halogenated alkanes) is 1. The molecule has 0 heterocycles. The molecule has 5 nitrogen and oxygen atoms in total. The molecule has 6 heteroatoms. The fraction of sp³-hybridized carbons (Fsp3) is 0.600. The maximum absolute atomic E-state index is 9.82. The number of ether oxygens (including phenoxy) is 3. The van der Waals surface area contributed by atoms with Gasteiger partial charge in [0.25, 0.3) is 0 Å². The van der Waals surface area contributed by atoms with Crippen molar-refractivity contribution in [1.29, 1.82) is 0 Å². The molecule has 0 saturated carbocycles. The van der Waals surface area contributed by atoms with Gasteiger partial charge in [-0.2, -0.15) is 0 Å². The van der Waals surface area contributed by atoms with Gasteiger partial charge in [0.2, 0.25) is 0 Å². The minimum Gasteiger partial charge on any atom is -0.493 e. The van der Waals surface area contributed by atoms with E-state index in [9.17, 15) is 5.11 Å². The zero-order valence-corrected chi connectivity index (χ0v) is 14.1. The third kappa shape index (κ3) is 6.22. The molecule has 21 heavy (non-hydrogen) atoms. The minimum atomic E-state index is -0.698. The van der Waals surface area contributed by atoms with Crippen LogP contribution in [0.1, 0.15) is 25.3 Å². The van der Waals surface area contributed by atoms with Crippen molar-refractivity contribution < 1.29 is 24.4 Å². The van der Waals surface area contributed by atoms with Crippen LogP contribution in [0.15, 0.2) is 16.6 Å². The molecule has 0 radical (unpaired) electrons. The summed E-state index contributed by atoms with van der Waals surface area (Å²) in [5.41, 5.74) is 0.717. The Labute approximate surface area is 134 Å². The summed E-state index contributed by atoms with van der Waals surface area (Å²) in [6, 6.07) is 3.45. The maximum atomic E-state index is 9.82. The van der Waals surface area contributed by atoms with Gasteiger partial charge in [0, 0.05) is 6.61 Å². The number of hydrogen-bond acceptors (Lipinski definition) is 5. The molecule has 1 unspecified atom stereocenters. The first-order valence-corrected chi connectivity index (χ1v) is 7.77. The lowest BCUT2D eigenvalue weighted by Crippen LogP contribution is -2.24. The third-order valence-corrected chi connectivity index (χ3v) is 3.43. The van der Waals surface area contributed by atoms with Crippen molar-refractivity contribution in [3.8, 4) is 11.5 Å². The van der Waals surface area contributed by atoms with Crippen LogP contribution in [0.2, 0.25) is 0 Å². The largest absolute Gasteiger partial charge is 0.493 e. The maximum Gasteiger partial charge on any atom is 0.175 e. The van der Waals surface area contributed by atoms with Crippen LogP contribution in [-0.2, 0) is 11.3 Å². The van der Waals surface area contributed by atoms with E-state index in [1.54, 1.807) is 12.1 Å². The predicted octanol–water partition coefficient (Wildman–Crippen LogP) is 2.51. The Kier molecular flexibility index (Phi) is 8.68. The molecule has 0 aromatic heterocycles. The van der Waals surface area contributed by atoms with E-state index in [4.69, 9.17) is 19.3 Å². The highest BCUT2D eigenvalue weighted by Crippen LogP contribution is 2.36. The van der Waals surface area contributed by atoms with Gasteiger partial charge in [0.1, 0.15) is 12.7 Å². The Morgan fingerprint density at radius 1 is 1.29 bits per heavy atom. The molecule has 2 N–H and O–H groups in total. The van der Waals surface area contributed by atoms with Gasteiger partial charge in [-0.3, -0.25) is 0 Å². The van der Waals surface area contributed by atoms with Crippen molar-refractivity contribution in [2.75, 3.05) is 26.9 Å². The molecule has 0 fully saturated rings. The van der Waals surface area contributed by atoms with Gasteiger partial charge in [-0.25, -0.2) is 0 Å². The highest BCUT2D eigenvalue weighted by molar-refractivity contribution is 9.10. The molecule has 1 atom stereocenters. The molecule has 1 rings (SSSR count). The quantitative estimate of drug-likeness (QED) is 0.626. The van der Waals surface area contributed by atoms with Crippen LogP contribution in [0.5, 0.6) is 11.5 Å². The van der Waals surface area contributed by atoms with E-state index in [0.717, 1.165) is 18.4 Å². The predicted molar refractivity (Wildman–Crippen MR) is 83.8 cm³/mol. The first-order valence-electron chi connectivity index (χ1n) is 6.98. The molecule has 0 aliphatic carbocycles. The van der Waals surface area contributed by atoms with Crippen molar-refractivity contribution in [3.63, 3.8) is 0 Å². The van der Waals surface area contributed by atoms with Gasteiger partial charge in [0.15, 0.2) is 11.5 Å². The monoisotopic (exact) mass is 362 g/mol. The molecule has 0 amide bonds. The van der Waals surface area contributed by atoms with E-state index in [0.29, 0.717) is 22.6 Å². The Morgan fingerprint density at radius 3 is 2.67 bits per heavy atom. The van der Waals surface area contributed by atoms with Crippen LogP contribution in [-0.4, -0.2) is 43.2 Å². The fourth-order valence-electron chi connectivity index (χ4n) is 1.70. The summed E-state index contributed by atoms with van der Waals surface area (Å²) in [5.74, 6) is 1.01. The highest BCUT2D eigenvalue weighted by Gasteiger charge is 2.14. The Balaban J connectivity index is 2.54. The summed E-state index contributed by atoms with van der Waals surface area (Å²) < 4.78 is 16.8. The molecule has 0 spiro atoms. The second-order valence-electron chi connectivity index (χ2n) is 4.66. The summed E-state index contributed by atoms with van der Waals surface area (Å²) in [7, 11) is 1.53. The molecule has 0 bridgehead atoms. The molecule has 1 aromatic carbocycles. The number of rotatable bonds is 10. The van der Waals surface area contributed by atoms with E-state index < -0.39 is 6.10 Å². The summed E-state index contributed by atoms with van der Waals surface area (Å²) in [6.07, 6.45) is 1.35. The number of hydrogen-bond donors (Lipinski definition) is 2. The van der Waals surface area contributed by atoms with Gasteiger partial charge in [-0.05, 0) is 40.0 Å². The van der Waals surface area contributed by atoms with Crippen LogP contribution in [0, 0.1) is 0 Å². The standard InChI is InChI=1S/C15H23BrO5/c1-3-4-5-20-9-12(18)10-21-15-13(16)6-11(8-17)7-14(15)19-2/h6-7,12,17-18H,3-5,8-10H2,1-2H3. The summed E-state index contributed by atoms with van der Waals surface area (Å²) in [4.78, 5) is 0. The number of benzene rings is 1. The van der Waals surface area contributed by atoms with Gasteiger partial charge in [-0.1, -0.05) is 13.3 Å². The average Bonchev–Trinajstić information content (AvgIpc) is 2.49. The van der Waals surface area contributed by atoms with Crippen LogP contribution < -0.4 is 9.47 Å². The molecule has 120 valence electrons. The SMILES string of the molecule is CCCCOCC(O)COc1c(Br)cc(CO)cc1OC. The van der Waals surface area contributed by atoms with E-state index in [1.165, 1.54) is 7.11 Å². The van der Waals surface area contributed by atoms with Crippen molar-refractivity contribution in [1.82, 2.24) is 0 Å². The fourth-order valence-corrected chi connectivity index (χ4v) is 2.30. The molecule has 0 aliphatic rings. The third-order valence-electron chi connectivity index (χ3n) is 2.84. The minimum absolute atomic E-state index is 0.0802. The molecular weight excluding hydrogens is 340 g/mol. The van der Waals surface area contributed by atoms with E-state index in [-0.39, 0.29) is 19.8 Å². The second-order valence-corrected chi connectivity index (χ2v) is 5.51. The lowest BCUT2D eigenvalue weighted by Gasteiger charge is -2.16. The van der Waals surface area contributed by atoms with E-state index >= 15 is 0 Å². The Morgan fingerprint density at radius 2 is 2.05 bits per heavy atom. The average molecular weight is 363 g/mol. The zero-order valence-electron chi connectivity index (χ0n) is 12.5. The van der Waals surface area contributed by atoms with Crippen LogP contribution in [0.3, 0.4) is 0 Å². The topological polar surface area (TPSA) is 68.2 Å². The van der Waals surface area contributed by atoms with Crippen molar-refractivity contribution in [2.45, 2.75) is 32.5 Å². The highest BCUT2D eigenvalue weighted by atomic mass is 79.9. The van der Waals surface area contributed by atoms with Gasteiger partial charge in [-0.15, -0.1) is 0 Å². The smallest absolute Gasteiger partial charge is 0.175 e. The molecule has 0 saturated heterocycles. The molecule has 1 aromatic rings. The molecular formula is C15H23BrO5. The first-order chi connectivity index (χ1) is 10.1.